The third-order valence-electron chi connectivity index (χ3n) is 3.51. The molecule has 1 atom stereocenters. The summed E-state index contributed by atoms with van der Waals surface area (Å²) in [7, 11) is 3.41. The molecule has 0 spiro atoms. The lowest BCUT2D eigenvalue weighted by atomic mass is 9.98. The van der Waals surface area contributed by atoms with E-state index in [2.05, 4.69) is 17.7 Å². The number of benzene rings is 1. The fourth-order valence-electron chi connectivity index (χ4n) is 2.37. The second-order valence-corrected chi connectivity index (χ2v) is 5.05. The lowest BCUT2D eigenvalue weighted by Gasteiger charge is -2.27. The van der Waals surface area contributed by atoms with E-state index in [4.69, 9.17) is 15.2 Å². The summed E-state index contributed by atoms with van der Waals surface area (Å²) in [5.41, 5.74) is 9.24. The van der Waals surface area contributed by atoms with Crippen LogP contribution < -0.4 is 15.8 Å². The second kappa shape index (κ2) is 13.3. The van der Waals surface area contributed by atoms with Crippen LogP contribution in [0, 0.1) is 12.3 Å². The van der Waals surface area contributed by atoms with Crippen LogP contribution in [0.25, 0.3) is 0 Å². The number of nitrogens with one attached hydrogen (secondary N) is 1. The molecule has 0 aliphatic heterocycles. The number of ether oxygens (including phenoxy) is 2. The molecular weight excluding hydrogens is 300 g/mol. The van der Waals surface area contributed by atoms with Crippen molar-refractivity contribution in [2.75, 3.05) is 14.2 Å². The third-order valence-corrected chi connectivity index (χ3v) is 3.51. The monoisotopic (exact) mass is 332 g/mol. The fourth-order valence-corrected chi connectivity index (χ4v) is 2.37. The minimum atomic E-state index is 0.104. The molecule has 0 saturated carbocycles. The summed E-state index contributed by atoms with van der Waals surface area (Å²) in [5.74, 6) is 3.12. The number of hydrogen-bond acceptors (Lipinski definition) is 4. The van der Waals surface area contributed by atoms with Crippen molar-refractivity contribution in [3.63, 3.8) is 0 Å². The second-order valence-electron chi connectivity index (χ2n) is 5.05. The zero-order valence-corrected chi connectivity index (χ0v) is 15.7. The highest BCUT2D eigenvalue weighted by molar-refractivity contribution is 5.28. The predicted molar refractivity (Wildman–Crippen MR) is 102 cm³/mol. The van der Waals surface area contributed by atoms with Gasteiger partial charge in [0.05, 0.1) is 18.9 Å². The number of terminal acetylenes is 1. The van der Waals surface area contributed by atoms with Crippen LogP contribution in [0.5, 0.6) is 5.75 Å². The quantitative estimate of drug-likeness (QED) is 0.805. The molecule has 1 aliphatic carbocycles. The molecule has 0 amide bonds. The molecule has 1 unspecified atom stereocenters. The molecule has 4 nitrogen and oxygen atoms in total. The molecule has 1 aromatic carbocycles. The van der Waals surface area contributed by atoms with E-state index in [9.17, 15) is 0 Å². The van der Waals surface area contributed by atoms with E-state index in [1.807, 2.05) is 38.1 Å². The average molecular weight is 332 g/mol. The Balaban J connectivity index is 0.000000952. The van der Waals surface area contributed by atoms with Gasteiger partial charge in [-0.05, 0) is 43.9 Å². The molecule has 1 aromatic rings. The Morgan fingerprint density at radius 3 is 2.33 bits per heavy atom. The van der Waals surface area contributed by atoms with Crippen LogP contribution in [-0.2, 0) is 11.3 Å². The topological polar surface area (TPSA) is 56.5 Å². The Labute approximate surface area is 147 Å². The van der Waals surface area contributed by atoms with Crippen molar-refractivity contribution in [1.82, 2.24) is 5.32 Å². The van der Waals surface area contributed by atoms with E-state index in [1.165, 1.54) is 5.56 Å². The van der Waals surface area contributed by atoms with Crippen molar-refractivity contribution in [1.29, 1.82) is 0 Å². The highest BCUT2D eigenvalue weighted by Gasteiger charge is 2.21. The lowest BCUT2D eigenvalue weighted by molar-refractivity contribution is 0.109. The van der Waals surface area contributed by atoms with Crippen molar-refractivity contribution in [2.45, 2.75) is 52.7 Å². The van der Waals surface area contributed by atoms with Gasteiger partial charge in [0, 0.05) is 19.4 Å². The standard InChI is InChI=1S/C15H22N2O2.C3H4.C2H6/c1-18-12-8-6-11(7-9-12)10-17-15-13(16)4-3-5-14(15)19-2;1-3-2;1-2/h6-9,14,17H,3-5,10,16H2,1-2H3;1H,2H3;1-2H3. The Morgan fingerprint density at radius 2 is 1.83 bits per heavy atom. The van der Waals surface area contributed by atoms with Crippen LogP contribution in [0.4, 0.5) is 0 Å². The van der Waals surface area contributed by atoms with Crippen LogP contribution in [0.2, 0.25) is 0 Å². The van der Waals surface area contributed by atoms with Crippen molar-refractivity contribution in [3.05, 3.63) is 41.2 Å². The zero-order chi connectivity index (χ0) is 18.4. The third kappa shape index (κ3) is 7.43. The van der Waals surface area contributed by atoms with Crippen LogP contribution in [0.1, 0.15) is 45.6 Å². The minimum Gasteiger partial charge on any atom is -0.497 e. The molecule has 4 heteroatoms. The van der Waals surface area contributed by atoms with E-state index >= 15 is 0 Å². The average Bonchev–Trinajstić information content (AvgIpc) is 2.63. The van der Waals surface area contributed by atoms with Gasteiger partial charge in [-0.2, -0.15) is 0 Å². The molecule has 0 bridgehead atoms. The molecule has 3 N–H and O–H groups in total. The first kappa shape index (κ1) is 21.9. The first-order valence-corrected chi connectivity index (χ1v) is 8.41. The summed E-state index contributed by atoms with van der Waals surface area (Å²) in [6, 6.07) is 8.02. The van der Waals surface area contributed by atoms with Gasteiger partial charge >= 0.3 is 0 Å². The summed E-state index contributed by atoms with van der Waals surface area (Å²) in [5, 5.41) is 3.41. The van der Waals surface area contributed by atoms with Gasteiger partial charge in [0.15, 0.2) is 0 Å². The van der Waals surface area contributed by atoms with Crippen LogP contribution >= 0.6 is 0 Å². The van der Waals surface area contributed by atoms with Gasteiger partial charge in [0.1, 0.15) is 5.75 Å². The zero-order valence-electron chi connectivity index (χ0n) is 15.7. The van der Waals surface area contributed by atoms with Crippen LogP contribution in [0.15, 0.2) is 35.7 Å². The summed E-state index contributed by atoms with van der Waals surface area (Å²) in [6.45, 7) is 6.40. The van der Waals surface area contributed by atoms with Gasteiger partial charge in [0.2, 0.25) is 0 Å². The first-order chi connectivity index (χ1) is 11.7. The van der Waals surface area contributed by atoms with E-state index in [1.54, 1.807) is 21.1 Å². The number of nitrogens with two attached hydrogens (primary N) is 1. The van der Waals surface area contributed by atoms with E-state index < -0.39 is 0 Å². The van der Waals surface area contributed by atoms with Gasteiger partial charge in [-0.3, -0.25) is 0 Å². The molecule has 0 heterocycles. The van der Waals surface area contributed by atoms with E-state index in [0.29, 0.717) is 0 Å². The molecule has 1 aliphatic rings. The maximum Gasteiger partial charge on any atom is 0.118 e. The van der Waals surface area contributed by atoms with Gasteiger partial charge in [-0.15, -0.1) is 12.3 Å². The van der Waals surface area contributed by atoms with Crippen LogP contribution in [-0.4, -0.2) is 20.3 Å². The van der Waals surface area contributed by atoms with Gasteiger partial charge in [-0.1, -0.05) is 26.0 Å². The Kier molecular flexibility index (Phi) is 12.2. The number of allylic oxidation sites excluding steroid dienone is 1. The fraction of sp³-hybridized carbons (Fsp3) is 0.500. The van der Waals surface area contributed by atoms with E-state index in [0.717, 1.165) is 43.0 Å². The molecule has 0 saturated heterocycles. The van der Waals surface area contributed by atoms with Crippen molar-refractivity contribution < 1.29 is 9.47 Å². The van der Waals surface area contributed by atoms with Gasteiger partial charge < -0.3 is 20.5 Å². The highest BCUT2D eigenvalue weighted by atomic mass is 16.5. The largest absolute Gasteiger partial charge is 0.497 e. The summed E-state index contributed by atoms with van der Waals surface area (Å²) in [4.78, 5) is 0. The number of rotatable bonds is 5. The molecule has 24 heavy (non-hydrogen) atoms. The van der Waals surface area contributed by atoms with Crippen molar-refractivity contribution in [3.8, 4) is 18.1 Å². The molecule has 2 rings (SSSR count). The van der Waals surface area contributed by atoms with Crippen molar-refractivity contribution >= 4 is 0 Å². The Morgan fingerprint density at radius 1 is 1.25 bits per heavy atom. The summed E-state index contributed by atoms with van der Waals surface area (Å²) in [6.07, 6.45) is 7.78. The summed E-state index contributed by atoms with van der Waals surface area (Å²) < 4.78 is 10.6. The molecule has 0 aromatic heterocycles. The minimum absolute atomic E-state index is 0.104. The number of methoxy groups -OCH3 is 2. The maximum absolute atomic E-state index is 6.07. The SMILES string of the molecule is C#CC.CC.COc1ccc(CNC2=C(N)CCCC2OC)cc1. The highest BCUT2D eigenvalue weighted by Crippen LogP contribution is 2.23. The lowest BCUT2D eigenvalue weighted by Crippen LogP contribution is -2.32. The normalized spacial score (nSPS) is 15.9. The van der Waals surface area contributed by atoms with Crippen molar-refractivity contribution in [2.24, 2.45) is 5.73 Å². The van der Waals surface area contributed by atoms with E-state index in [-0.39, 0.29) is 6.10 Å². The summed E-state index contributed by atoms with van der Waals surface area (Å²) >= 11 is 0. The molecule has 0 fully saturated rings. The van der Waals surface area contributed by atoms with Gasteiger partial charge in [0.25, 0.3) is 0 Å². The molecule has 0 radical (unpaired) electrons. The predicted octanol–water partition coefficient (Wildman–Crippen LogP) is 3.82. The Hall–Kier alpha value is -2.12. The molecular formula is C20H32N2O2. The Bertz CT molecular complexity index is 515. The maximum atomic E-state index is 6.07. The smallest absolute Gasteiger partial charge is 0.118 e. The van der Waals surface area contributed by atoms with Crippen LogP contribution in [0.3, 0.4) is 0 Å². The molecule has 134 valence electrons. The van der Waals surface area contributed by atoms with Gasteiger partial charge in [-0.25, -0.2) is 0 Å². The number of hydrogen-bond donors (Lipinski definition) is 2. The first-order valence-electron chi connectivity index (χ1n) is 8.41.